The zero-order valence-corrected chi connectivity index (χ0v) is 16.2. The highest BCUT2D eigenvalue weighted by atomic mass is 35.5. The first-order valence-corrected chi connectivity index (χ1v) is 8.87. The molecule has 9 heteroatoms. The van der Waals surface area contributed by atoms with E-state index in [0.717, 1.165) is 16.8 Å². The summed E-state index contributed by atoms with van der Waals surface area (Å²) in [6.07, 6.45) is 0. The first-order valence-electron chi connectivity index (χ1n) is 8.49. The lowest BCUT2D eigenvalue weighted by atomic mass is 10.1. The van der Waals surface area contributed by atoms with E-state index >= 15 is 0 Å². The van der Waals surface area contributed by atoms with Crippen LogP contribution in [0, 0.1) is 11.6 Å². The average molecular weight is 420 g/mol. The van der Waals surface area contributed by atoms with Crippen molar-refractivity contribution in [2.75, 3.05) is 12.4 Å². The number of rotatable bonds is 5. The smallest absolute Gasteiger partial charge is 0.286 e. The third-order valence-electron chi connectivity index (χ3n) is 4.13. The molecule has 1 N–H and O–H groups in total. The van der Waals surface area contributed by atoms with Gasteiger partial charge in [0.15, 0.2) is 0 Å². The van der Waals surface area contributed by atoms with Crippen LogP contribution in [-0.2, 0) is 4.79 Å². The van der Waals surface area contributed by atoms with E-state index in [4.69, 9.17) is 16.3 Å². The number of amides is 1. The third-order valence-corrected chi connectivity index (χ3v) is 4.40. The van der Waals surface area contributed by atoms with E-state index in [1.807, 2.05) is 0 Å². The largest absolute Gasteiger partial charge is 0.497 e. The highest BCUT2D eigenvalue weighted by Gasteiger charge is 2.21. The summed E-state index contributed by atoms with van der Waals surface area (Å²) in [4.78, 5) is 25.0. The maximum atomic E-state index is 13.3. The molecule has 0 radical (unpaired) electrons. The van der Waals surface area contributed by atoms with Crippen molar-refractivity contribution in [1.82, 2.24) is 9.78 Å². The van der Waals surface area contributed by atoms with Crippen LogP contribution < -0.4 is 15.6 Å². The number of hydrogen-bond donors (Lipinski definition) is 1. The molecule has 1 amide bonds. The molecular weight excluding hydrogens is 404 g/mol. The van der Waals surface area contributed by atoms with Gasteiger partial charge in [0, 0.05) is 17.3 Å². The fourth-order valence-corrected chi connectivity index (χ4v) is 2.84. The van der Waals surface area contributed by atoms with E-state index in [-0.39, 0.29) is 10.7 Å². The zero-order chi connectivity index (χ0) is 21.1. The number of nitrogens with zero attached hydrogens (tertiary/aromatic N) is 2. The molecule has 1 heterocycles. The lowest BCUT2D eigenvalue weighted by Gasteiger charge is -2.16. The van der Waals surface area contributed by atoms with Crippen molar-refractivity contribution in [2.45, 2.75) is 13.0 Å². The number of halogens is 3. The number of aromatic nitrogens is 2. The van der Waals surface area contributed by atoms with Crippen molar-refractivity contribution in [1.29, 1.82) is 0 Å². The lowest BCUT2D eigenvalue weighted by molar-refractivity contribution is -0.119. The fraction of sp³-hybridized carbons (Fsp3) is 0.150. The summed E-state index contributed by atoms with van der Waals surface area (Å²) in [5.41, 5.74) is 0.221. The van der Waals surface area contributed by atoms with E-state index in [2.05, 4.69) is 10.4 Å². The molecule has 29 heavy (non-hydrogen) atoms. The number of anilines is 1. The Morgan fingerprint density at radius 1 is 1.17 bits per heavy atom. The number of nitrogens with one attached hydrogen (secondary N) is 1. The van der Waals surface area contributed by atoms with Gasteiger partial charge in [0.25, 0.3) is 5.56 Å². The molecule has 0 saturated heterocycles. The molecule has 1 atom stereocenters. The van der Waals surface area contributed by atoms with E-state index in [0.29, 0.717) is 23.1 Å². The second-order valence-electron chi connectivity index (χ2n) is 6.18. The second kappa shape index (κ2) is 8.40. The van der Waals surface area contributed by atoms with Crippen LogP contribution in [0.2, 0.25) is 5.02 Å². The summed E-state index contributed by atoms with van der Waals surface area (Å²) in [7, 11) is 1.52. The first kappa shape index (κ1) is 20.5. The topological polar surface area (TPSA) is 73.2 Å². The molecule has 1 unspecified atom stereocenters. The Bertz CT molecular complexity index is 1110. The Kier molecular flexibility index (Phi) is 5.93. The predicted octanol–water partition coefficient (Wildman–Crippen LogP) is 4.05. The van der Waals surface area contributed by atoms with E-state index < -0.39 is 29.1 Å². The minimum absolute atomic E-state index is 0.0811. The molecule has 0 fully saturated rings. The monoisotopic (exact) mass is 419 g/mol. The molecule has 0 aliphatic carbocycles. The molecule has 0 saturated carbocycles. The summed E-state index contributed by atoms with van der Waals surface area (Å²) in [5, 5.41) is 6.47. The maximum absolute atomic E-state index is 13.3. The Morgan fingerprint density at radius 3 is 2.52 bits per heavy atom. The summed E-state index contributed by atoms with van der Waals surface area (Å²) in [6.45, 7) is 1.42. The van der Waals surface area contributed by atoms with Crippen molar-refractivity contribution in [2.24, 2.45) is 0 Å². The van der Waals surface area contributed by atoms with Crippen molar-refractivity contribution >= 4 is 23.2 Å². The molecule has 1 aromatic heterocycles. The normalized spacial score (nSPS) is 11.8. The highest BCUT2D eigenvalue weighted by Crippen LogP contribution is 2.24. The Labute approximate surface area is 169 Å². The standard InChI is InChI=1S/C20H16ClF2N3O3/c1-11(19(27)24-15-8-13(22)7-14(23)9-15)26-20(28)17(21)10-18(25-26)12-4-3-5-16(6-12)29-2/h3-11H,1-2H3,(H,24,27). The number of hydrogen-bond acceptors (Lipinski definition) is 4. The molecular formula is C20H16ClF2N3O3. The van der Waals surface area contributed by atoms with Gasteiger partial charge in [0.05, 0.1) is 12.8 Å². The molecule has 6 nitrogen and oxygen atoms in total. The van der Waals surface area contributed by atoms with Crippen LogP contribution >= 0.6 is 11.6 Å². The van der Waals surface area contributed by atoms with Crippen LogP contribution in [0.3, 0.4) is 0 Å². The first-order chi connectivity index (χ1) is 13.8. The number of benzene rings is 2. The predicted molar refractivity (Wildman–Crippen MR) is 105 cm³/mol. The number of carbonyl (C=O) groups excluding carboxylic acids is 1. The molecule has 2 aromatic carbocycles. The average Bonchev–Trinajstić information content (AvgIpc) is 2.68. The van der Waals surface area contributed by atoms with Gasteiger partial charge in [0.1, 0.15) is 28.4 Å². The quantitative estimate of drug-likeness (QED) is 0.677. The molecule has 3 rings (SSSR count). The van der Waals surface area contributed by atoms with Crippen LogP contribution in [0.15, 0.2) is 53.3 Å². The van der Waals surface area contributed by atoms with Gasteiger partial charge in [-0.2, -0.15) is 5.10 Å². The van der Waals surface area contributed by atoms with Crippen LogP contribution in [0.25, 0.3) is 11.3 Å². The number of methoxy groups -OCH3 is 1. The van der Waals surface area contributed by atoms with Crippen molar-refractivity contribution < 1.29 is 18.3 Å². The van der Waals surface area contributed by atoms with Gasteiger partial charge >= 0.3 is 0 Å². The third kappa shape index (κ3) is 4.60. The summed E-state index contributed by atoms with van der Waals surface area (Å²) >= 11 is 6.06. The van der Waals surface area contributed by atoms with E-state index in [1.165, 1.54) is 20.1 Å². The maximum Gasteiger partial charge on any atom is 0.286 e. The van der Waals surface area contributed by atoms with Gasteiger partial charge in [-0.25, -0.2) is 13.5 Å². The number of ether oxygens (including phenoxy) is 1. The minimum atomic E-state index is -1.10. The zero-order valence-electron chi connectivity index (χ0n) is 15.4. The van der Waals surface area contributed by atoms with Gasteiger partial charge < -0.3 is 10.1 Å². The molecule has 0 bridgehead atoms. The molecule has 3 aromatic rings. The summed E-state index contributed by atoms with van der Waals surface area (Å²) in [5.74, 6) is -1.79. The fourth-order valence-electron chi connectivity index (χ4n) is 2.65. The van der Waals surface area contributed by atoms with Gasteiger partial charge in [-0.05, 0) is 37.3 Å². The van der Waals surface area contributed by atoms with Gasteiger partial charge in [-0.1, -0.05) is 23.7 Å². The van der Waals surface area contributed by atoms with Crippen molar-refractivity contribution in [3.05, 3.63) is 75.5 Å². The minimum Gasteiger partial charge on any atom is -0.497 e. The van der Waals surface area contributed by atoms with Crippen LogP contribution in [0.1, 0.15) is 13.0 Å². The molecule has 0 aliphatic rings. The van der Waals surface area contributed by atoms with Crippen LogP contribution in [-0.4, -0.2) is 22.8 Å². The summed E-state index contributed by atoms with van der Waals surface area (Å²) < 4.78 is 32.8. The van der Waals surface area contributed by atoms with E-state index in [9.17, 15) is 18.4 Å². The highest BCUT2D eigenvalue weighted by molar-refractivity contribution is 6.30. The molecule has 0 aliphatic heterocycles. The van der Waals surface area contributed by atoms with E-state index in [1.54, 1.807) is 24.3 Å². The Morgan fingerprint density at radius 2 is 1.86 bits per heavy atom. The SMILES string of the molecule is COc1cccc(-c2cc(Cl)c(=O)n(C(C)C(=O)Nc3cc(F)cc(F)c3)n2)c1. The Hall–Kier alpha value is -3.26. The summed E-state index contributed by atoms with van der Waals surface area (Å²) in [6, 6.07) is 9.83. The molecule has 150 valence electrons. The van der Waals surface area contributed by atoms with Crippen molar-refractivity contribution in [3.63, 3.8) is 0 Å². The molecule has 0 spiro atoms. The second-order valence-corrected chi connectivity index (χ2v) is 6.59. The van der Waals surface area contributed by atoms with Crippen molar-refractivity contribution in [3.8, 4) is 17.0 Å². The lowest BCUT2D eigenvalue weighted by Crippen LogP contribution is -2.34. The van der Waals surface area contributed by atoms with Gasteiger partial charge in [0.2, 0.25) is 5.91 Å². The van der Waals surface area contributed by atoms with Gasteiger partial charge in [-0.3, -0.25) is 9.59 Å². The van der Waals surface area contributed by atoms with Crippen LogP contribution in [0.4, 0.5) is 14.5 Å². The Balaban J connectivity index is 1.95. The van der Waals surface area contributed by atoms with Crippen LogP contribution in [0.5, 0.6) is 5.75 Å². The van der Waals surface area contributed by atoms with Gasteiger partial charge in [-0.15, -0.1) is 0 Å². The number of carbonyl (C=O) groups is 1.